The predicted octanol–water partition coefficient (Wildman–Crippen LogP) is 1.56. The number of aromatic nitrogens is 2. The first-order chi connectivity index (χ1) is 9.98. The molecule has 2 N–H and O–H groups in total. The van der Waals surface area contributed by atoms with Crippen molar-refractivity contribution in [3.63, 3.8) is 0 Å². The number of rotatable bonds is 3. The van der Waals surface area contributed by atoms with E-state index >= 15 is 0 Å². The van der Waals surface area contributed by atoms with Crippen molar-refractivity contribution in [3.8, 4) is 0 Å². The van der Waals surface area contributed by atoms with Crippen molar-refractivity contribution >= 4 is 10.0 Å². The van der Waals surface area contributed by atoms with Crippen molar-refractivity contribution in [1.29, 1.82) is 0 Å². The lowest BCUT2D eigenvalue weighted by molar-refractivity contribution is 0.160. The predicted molar refractivity (Wildman–Crippen MR) is 78.1 cm³/mol. The molecular formula is C14H23N3O3S. The van der Waals surface area contributed by atoms with Crippen molar-refractivity contribution in [2.45, 2.75) is 57.0 Å². The average molecular weight is 313 g/mol. The zero-order valence-electron chi connectivity index (χ0n) is 12.4. The van der Waals surface area contributed by atoms with Gasteiger partial charge in [-0.25, -0.2) is 8.42 Å². The maximum atomic E-state index is 12.8. The second-order valence-corrected chi connectivity index (χ2v) is 8.27. The van der Waals surface area contributed by atoms with Crippen LogP contribution in [0.4, 0.5) is 0 Å². The van der Waals surface area contributed by atoms with E-state index in [0.29, 0.717) is 24.2 Å². The molecule has 0 atom stereocenters. The van der Waals surface area contributed by atoms with E-state index < -0.39 is 10.0 Å². The highest BCUT2D eigenvalue weighted by Crippen LogP contribution is 2.46. The van der Waals surface area contributed by atoms with Crippen molar-refractivity contribution < 1.29 is 13.5 Å². The quantitative estimate of drug-likeness (QED) is 0.886. The Kier molecular flexibility index (Phi) is 3.83. The van der Waals surface area contributed by atoms with Gasteiger partial charge >= 0.3 is 0 Å². The minimum absolute atomic E-state index is 0.160. The Morgan fingerprint density at radius 3 is 2.43 bits per heavy atom. The minimum Gasteiger partial charge on any atom is -0.390 e. The molecule has 1 aliphatic carbocycles. The molecule has 1 aromatic heterocycles. The Balaban J connectivity index is 1.82. The van der Waals surface area contributed by atoms with Crippen LogP contribution in [0.1, 0.15) is 49.9 Å². The van der Waals surface area contributed by atoms with Gasteiger partial charge in [-0.3, -0.25) is 5.10 Å². The van der Waals surface area contributed by atoms with Gasteiger partial charge in [0.2, 0.25) is 10.0 Å². The number of hydrogen-bond acceptors (Lipinski definition) is 4. The topological polar surface area (TPSA) is 86.3 Å². The van der Waals surface area contributed by atoms with Crippen LogP contribution in [0, 0.1) is 12.3 Å². The summed E-state index contributed by atoms with van der Waals surface area (Å²) in [6.07, 6.45) is 6.96. The molecule has 21 heavy (non-hydrogen) atoms. The van der Waals surface area contributed by atoms with Crippen LogP contribution in [0.15, 0.2) is 4.90 Å². The van der Waals surface area contributed by atoms with Gasteiger partial charge in [-0.2, -0.15) is 9.40 Å². The largest absolute Gasteiger partial charge is 0.390 e. The standard InChI is InChI=1S/C14H23N3O3S/c1-11-13(12(10-18)16-15-11)21(19,20)17-8-6-14(7-9-17)4-2-3-5-14/h18H,2-10H2,1H3,(H,15,16). The van der Waals surface area contributed by atoms with Gasteiger partial charge in [0.25, 0.3) is 0 Å². The zero-order chi connectivity index (χ0) is 15.1. The minimum atomic E-state index is -3.56. The fraction of sp³-hybridized carbons (Fsp3) is 0.786. The summed E-state index contributed by atoms with van der Waals surface area (Å²) in [6.45, 7) is 2.48. The first kappa shape index (κ1) is 15.0. The van der Waals surface area contributed by atoms with Gasteiger partial charge < -0.3 is 5.11 Å². The highest BCUT2D eigenvalue weighted by molar-refractivity contribution is 7.89. The molecule has 1 aliphatic heterocycles. The molecule has 0 radical (unpaired) electrons. The van der Waals surface area contributed by atoms with Gasteiger partial charge in [-0.05, 0) is 38.0 Å². The van der Waals surface area contributed by atoms with Gasteiger partial charge in [0.05, 0.1) is 12.3 Å². The van der Waals surface area contributed by atoms with E-state index in [1.165, 1.54) is 25.7 Å². The van der Waals surface area contributed by atoms with Crippen LogP contribution in [0.5, 0.6) is 0 Å². The van der Waals surface area contributed by atoms with E-state index in [2.05, 4.69) is 10.2 Å². The highest BCUT2D eigenvalue weighted by atomic mass is 32.2. The van der Waals surface area contributed by atoms with Gasteiger partial charge in [-0.15, -0.1) is 0 Å². The molecule has 118 valence electrons. The maximum Gasteiger partial charge on any atom is 0.246 e. The fourth-order valence-electron chi connectivity index (χ4n) is 3.87. The van der Waals surface area contributed by atoms with Gasteiger partial charge in [0.15, 0.2) is 0 Å². The Morgan fingerprint density at radius 2 is 1.86 bits per heavy atom. The molecule has 1 aromatic rings. The number of nitrogens with one attached hydrogen (secondary N) is 1. The monoisotopic (exact) mass is 313 g/mol. The molecule has 1 spiro atoms. The van der Waals surface area contributed by atoms with E-state index in [1.807, 2.05) is 0 Å². The first-order valence-corrected chi connectivity index (χ1v) is 9.07. The van der Waals surface area contributed by atoms with Crippen molar-refractivity contribution in [1.82, 2.24) is 14.5 Å². The molecule has 3 rings (SSSR count). The third-order valence-electron chi connectivity index (χ3n) is 5.16. The summed E-state index contributed by atoms with van der Waals surface area (Å²) in [6, 6.07) is 0. The second-order valence-electron chi connectivity index (χ2n) is 6.39. The SMILES string of the molecule is Cc1[nH]nc(CO)c1S(=O)(=O)N1CCC2(CCCC2)CC1. The van der Waals surface area contributed by atoms with Crippen LogP contribution in [-0.2, 0) is 16.6 Å². The van der Waals surface area contributed by atoms with E-state index in [-0.39, 0.29) is 17.2 Å². The second kappa shape index (κ2) is 5.37. The number of H-pyrrole nitrogens is 1. The molecular weight excluding hydrogens is 290 g/mol. The first-order valence-electron chi connectivity index (χ1n) is 7.63. The molecule has 1 saturated heterocycles. The molecule has 6 nitrogen and oxygen atoms in total. The van der Waals surface area contributed by atoms with Gasteiger partial charge in [0, 0.05) is 13.1 Å². The average Bonchev–Trinajstić information content (AvgIpc) is 3.06. The summed E-state index contributed by atoms with van der Waals surface area (Å²) in [5.74, 6) is 0. The molecule has 1 saturated carbocycles. The molecule has 0 unspecified atom stereocenters. The lowest BCUT2D eigenvalue weighted by atomic mass is 9.78. The Labute approximate surface area is 125 Å². The van der Waals surface area contributed by atoms with E-state index in [4.69, 9.17) is 0 Å². The number of sulfonamides is 1. The number of piperidine rings is 1. The normalized spacial score (nSPS) is 23.0. The van der Waals surface area contributed by atoms with Crippen LogP contribution in [-0.4, -0.2) is 41.1 Å². The molecule has 0 bridgehead atoms. The number of aliphatic hydroxyl groups is 1. The van der Waals surface area contributed by atoms with Crippen LogP contribution in [0.3, 0.4) is 0 Å². The number of aryl methyl sites for hydroxylation is 1. The third-order valence-corrected chi connectivity index (χ3v) is 7.26. The molecule has 2 aliphatic rings. The summed E-state index contributed by atoms with van der Waals surface area (Å²) in [4.78, 5) is 0.160. The van der Waals surface area contributed by atoms with Crippen LogP contribution in [0.25, 0.3) is 0 Å². The Hall–Kier alpha value is -0.920. The number of aliphatic hydroxyl groups excluding tert-OH is 1. The fourth-order valence-corrected chi connectivity index (χ4v) is 5.64. The van der Waals surface area contributed by atoms with Crippen molar-refractivity contribution in [2.75, 3.05) is 13.1 Å². The number of hydrogen-bond donors (Lipinski definition) is 2. The Bertz CT molecular complexity index is 607. The zero-order valence-corrected chi connectivity index (χ0v) is 13.2. The van der Waals surface area contributed by atoms with Gasteiger partial charge in [0.1, 0.15) is 10.6 Å². The molecule has 0 amide bonds. The van der Waals surface area contributed by atoms with Crippen LogP contribution < -0.4 is 0 Å². The summed E-state index contributed by atoms with van der Waals surface area (Å²) >= 11 is 0. The number of aromatic amines is 1. The van der Waals surface area contributed by atoms with Gasteiger partial charge in [-0.1, -0.05) is 12.8 Å². The highest BCUT2D eigenvalue weighted by Gasteiger charge is 2.41. The van der Waals surface area contributed by atoms with E-state index in [0.717, 1.165) is 12.8 Å². The van der Waals surface area contributed by atoms with E-state index in [9.17, 15) is 13.5 Å². The van der Waals surface area contributed by atoms with Crippen molar-refractivity contribution in [3.05, 3.63) is 11.4 Å². The molecule has 7 heteroatoms. The maximum absolute atomic E-state index is 12.8. The molecule has 2 heterocycles. The van der Waals surface area contributed by atoms with Crippen molar-refractivity contribution in [2.24, 2.45) is 5.41 Å². The number of nitrogens with zero attached hydrogens (tertiary/aromatic N) is 2. The molecule has 0 aromatic carbocycles. The summed E-state index contributed by atoms with van der Waals surface area (Å²) in [7, 11) is -3.56. The summed E-state index contributed by atoms with van der Waals surface area (Å²) < 4.78 is 27.2. The van der Waals surface area contributed by atoms with Crippen LogP contribution in [0.2, 0.25) is 0 Å². The van der Waals surface area contributed by atoms with E-state index in [1.54, 1.807) is 11.2 Å². The lowest BCUT2D eigenvalue weighted by Crippen LogP contribution is -2.42. The lowest BCUT2D eigenvalue weighted by Gasteiger charge is -2.38. The summed E-state index contributed by atoms with van der Waals surface area (Å²) in [5, 5.41) is 15.8. The molecule has 2 fully saturated rings. The smallest absolute Gasteiger partial charge is 0.246 e. The third kappa shape index (κ3) is 2.51. The Morgan fingerprint density at radius 1 is 1.24 bits per heavy atom. The summed E-state index contributed by atoms with van der Waals surface area (Å²) in [5.41, 5.74) is 1.10. The van der Waals surface area contributed by atoms with Crippen LogP contribution >= 0.6 is 0 Å².